The fourth-order valence-corrected chi connectivity index (χ4v) is 3.65. The van der Waals surface area contributed by atoms with E-state index >= 15 is 0 Å². The van der Waals surface area contributed by atoms with Gasteiger partial charge in [0.1, 0.15) is 5.76 Å². The van der Waals surface area contributed by atoms with Crippen LogP contribution in [0.1, 0.15) is 23.4 Å². The van der Waals surface area contributed by atoms with Crippen LogP contribution in [0.15, 0.2) is 35.0 Å². The highest BCUT2D eigenvalue weighted by molar-refractivity contribution is 5.63. The van der Waals surface area contributed by atoms with Crippen LogP contribution in [0.2, 0.25) is 0 Å². The number of nitrogens with zero attached hydrogens (tertiary/aromatic N) is 3. The van der Waals surface area contributed by atoms with Crippen LogP contribution < -0.4 is 0 Å². The van der Waals surface area contributed by atoms with E-state index in [4.69, 9.17) is 4.52 Å². The number of hydrogen-bond donors (Lipinski definition) is 0. The van der Waals surface area contributed by atoms with Gasteiger partial charge in [0.05, 0.1) is 17.0 Å². The van der Waals surface area contributed by atoms with E-state index in [1.54, 1.807) is 0 Å². The molecule has 2 bridgehead atoms. The molecule has 0 aliphatic carbocycles. The Morgan fingerprint density at radius 1 is 1.29 bits per heavy atom. The summed E-state index contributed by atoms with van der Waals surface area (Å²) >= 11 is 0. The summed E-state index contributed by atoms with van der Waals surface area (Å²) in [5.74, 6) is 0.829. The lowest BCUT2D eigenvalue weighted by atomic mass is 9.79. The summed E-state index contributed by atoms with van der Waals surface area (Å²) in [6.07, 6.45) is 7.89. The third-order valence-corrected chi connectivity index (χ3v) is 4.81. The van der Waals surface area contributed by atoms with Gasteiger partial charge in [-0.15, -0.1) is 0 Å². The van der Waals surface area contributed by atoms with Crippen molar-refractivity contribution in [3.8, 4) is 11.3 Å². The number of aromatic nitrogens is 2. The smallest absolute Gasteiger partial charge is 0.143 e. The average Bonchev–Trinajstić information content (AvgIpc) is 3.00. The molecule has 2 aliphatic rings. The van der Waals surface area contributed by atoms with E-state index in [1.807, 2.05) is 20.0 Å². The zero-order chi connectivity index (χ0) is 14.4. The topological polar surface area (TPSA) is 42.2 Å². The largest absolute Gasteiger partial charge is 0.361 e. The van der Waals surface area contributed by atoms with Gasteiger partial charge in [0, 0.05) is 24.7 Å². The van der Waals surface area contributed by atoms with Crippen molar-refractivity contribution in [3.63, 3.8) is 0 Å². The third-order valence-electron chi connectivity index (χ3n) is 4.81. The van der Waals surface area contributed by atoms with Crippen LogP contribution in [0.5, 0.6) is 0 Å². The maximum atomic E-state index is 5.24. The summed E-state index contributed by atoms with van der Waals surface area (Å²) < 4.78 is 5.24. The van der Waals surface area contributed by atoms with E-state index in [0.717, 1.165) is 35.8 Å². The third kappa shape index (κ3) is 1.94. The van der Waals surface area contributed by atoms with Crippen molar-refractivity contribution in [2.24, 2.45) is 0 Å². The zero-order valence-corrected chi connectivity index (χ0v) is 12.5. The van der Waals surface area contributed by atoms with Crippen molar-refractivity contribution >= 4 is 0 Å². The normalized spacial score (nSPS) is 27.2. The lowest BCUT2D eigenvalue weighted by Crippen LogP contribution is -2.33. The first-order valence-electron chi connectivity index (χ1n) is 7.48. The Kier molecular flexibility index (Phi) is 2.76. The maximum absolute atomic E-state index is 5.24. The van der Waals surface area contributed by atoms with E-state index in [9.17, 15) is 0 Å². The van der Waals surface area contributed by atoms with Crippen molar-refractivity contribution < 1.29 is 4.52 Å². The molecule has 1 fully saturated rings. The molecule has 2 aromatic heterocycles. The summed E-state index contributed by atoms with van der Waals surface area (Å²) in [7, 11) is 0. The predicted molar refractivity (Wildman–Crippen MR) is 81.1 cm³/mol. The molecule has 0 radical (unpaired) electrons. The van der Waals surface area contributed by atoms with Crippen molar-refractivity contribution in [1.82, 2.24) is 15.0 Å². The Labute approximate surface area is 124 Å². The average molecular weight is 281 g/mol. The molecule has 0 amide bonds. The molecule has 0 aromatic carbocycles. The van der Waals surface area contributed by atoms with Gasteiger partial charge in [0.25, 0.3) is 0 Å². The molecule has 2 unspecified atom stereocenters. The van der Waals surface area contributed by atoms with Crippen LogP contribution in [0, 0.1) is 13.8 Å². The molecule has 21 heavy (non-hydrogen) atoms. The first-order valence-corrected chi connectivity index (χ1v) is 7.48. The minimum absolute atomic E-state index is 0.169. The highest BCUT2D eigenvalue weighted by Crippen LogP contribution is 2.38. The van der Waals surface area contributed by atoms with Crippen LogP contribution in [0.4, 0.5) is 0 Å². The van der Waals surface area contributed by atoms with Crippen molar-refractivity contribution in [3.05, 3.63) is 47.5 Å². The second-order valence-electron chi connectivity index (χ2n) is 6.17. The van der Waals surface area contributed by atoms with Gasteiger partial charge in [-0.2, -0.15) is 0 Å². The molecule has 4 heterocycles. The molecule has 0 N–H and O–H groups in total. The number of hydrogen-bond acceptors (Lipinski definition) is 4. The van der Waals surface area contributed by atoms with Gasteiger partial charge in [-0.25, -0.2) is 0 Å². The highest BCUT2D eigenvalue weighted by Gasteiger charge is 2.39. The number of aryl methyl sites for hydroxylation is 2. The lowest BCUT2D eigenvalue weighted by molar-refractivity contribution is 0.345. The zero-order valence-electron chi connectivity index (χ0n) is 12.5. The quantitative estimate of drug-likeness (QED) is 0.794. The van der Waals surface area contributed by atoms with Crippen molar-refractivity contribution in [2.75, 3.05) is 19.6 Å². The molecule has 0 saturated carbocycles. The van der Waals surface area contributed by atoms with Crippen LogP contribution >= 0.6 is 0 Å². The lowest BCUT2D eigenvalue weighted by Gasteiger charge is -2.29. The molecular weight excluding hydrogens is 262 g/mol. The number of fused-ring (bicyclic) bond motifs is 2. The summed E-state index contributed by atoms with van der Waals surface area (Å²) in [4.78, 5) is 7.18. The molecule has 4 rings (SSSR count). The van der Waals surface area contributed by atoms with Crippen LogP contribution in [-0.4, -0.2) is 34.7 Å². The van der Waals surface area contributed by atoms with Gasteiger partial charge in [0.15, 0.2) is 0 Å². The molecule has 4 heteroatoms. The first kappa shape index (κ1) is 12.8. The van der Waals surface area contributed by atoms with Crippen molar-refractivity contribution in [2.45, 2.75) is 25.7 Å². The Bertz CT molecular complexity index is 682. The molecule has 4 nitrogen and oxygen atoms in total. The Hall–Kier alpha value is -1.94. The van der Waals surface area contributed by atoms with Gasteiger partial charge >= 0.3 is 0 Å². The summed E-state index contributed by atoms with van der Waals surface area (Å²) in [6.45, 7) is 7.28. The second-order valence-corrected chi connectivity index (χ2v) is 6.17. The fourth-order valence-electron chi connectivity index (χ4n) is 3.65. The Morgan fingerprint density at radius 3 is 2.90 bits per heavy atom. The molecule has 2 aromatic rings. The summed E-state index contributed by atoms with van der Waals surface area (Å²) in [5, 5.41) is 4.01. The molecule has 0 spiro atoms. The minimum Gasteiger partial charge on any atom is -0.361 e. The Morgan fingerprint density at radius 2 is 2.19 bits per heavy atom. The van der Waals surface area contributed by atoms with Crippen LogP contribution in [0.3, 0.4) is 0 Å². The maximum Gasteiger partial charge on any atom is 0.143 e. The highest BCUT2D eigenvalue weighted by atomic mass is 16.5. The van der Waals surface area contributed by atoms with Gasteiger partial charge < -0.3 is 4.52 Å². The van der Waals surface area contributed by atoms with Crippen LogP contribution in [0.25, 0.3) is 11.3 Å². The standard InChI is InChI=1S/C17H19N3O/c1-12-16(13(2)21-19-12)15-5-4-14(10-18-15)17-6-3-8-20(11-17)9-7-17/h3-6,10H,7-9,11H2,1-2H3. The van der Waals surface area contributed by atoms with Gasteiger partial charge in [-0.05, 0) is 38.4 Å². The van der Waals surface area contributed by atoms with Gasteiger partial charge in [0.2, 0.25) is 0 Å². The minimum atomic E-state index is 0.169. The number of rotatable bonds is 2. The molecule has 2 atom stereocenters. The second kappa shape index (κ2) is 4.53. The van der Waals surface area contributed by atoms with E-state index in [-0.39, 0.29) is 5.41 Å². The van der Waals surface area contributed by atoms with E-state index < -0.39 is 0 Å². The predicted octanol–water partition coefficient (Wildman–Crippen LogP) is 2.87. The Balaban J connectivity index is 1.71. The molecule has 2 aliphatic heterocycles. The fraction of sp³-hybridized carbons (Fsp3) is 0.412. The number of pyridine rings is 1. The van der Waals surface area contributed by atoms with E-state index in [0.29, 0.717) is 0 Å². The molecule has 1 saturated heterocycles. The first-order chi connectivity index (χ1) is 10.2. The SMILES string of the molecule is Cc1noc(C)c1-c1ccc(C23C=CCN(CC2)C3)cn1. The van der Waals surface area contributed by atoms with Crippen molar-refractivity contribution in [1.29, 1.82) is 0 Å². The van der Waals surface area contributed by atoms with E-state index in [2.05, 4.69) is 39.3 Å². The van der Waals surface area contributed by atoms with Crippen LogP contribution in [-0.2, 0) is 5.41 Å². The monoisotopic (exact) mass is 281 g/mol. The summed E-state index contributed by atoms with van der Waals surface area (Å²) in [5.41, 5.74) is 4.35. The molecular formula is C17H19N3O. The van der Waals surface area contributed by atoms with Gasteiger partial charge in [-0.3, -0.25) is 9.88 Å². The summed E-state index contributed by atoms with van der Waals surface area (Å²) in [6, 6.07) is 4.31. The van der Waals surface area contributed by atoms with E-state index in [1.165, 1.54) is 18.5 Å². The van der Waals surface area contributed by atoms with Gasteiger partial charge in [-0.1, -0.05) is 23.4 Å². The molecule has 108 valence electrons.